The lowest BCUT2D eigenvalue weighted by Gasteiger charge is -2.31. The second kappa shape index (κ2) is 11.0. The van der Waals surface area contributed by atoms with E-state index in [0.29, 0.717) is 55.2 Å². The maximum atomic E-state index is 12.7. The quantitative estimate of drug-likeness (QED) is 0.511. The number of aromatic nitrogens is 1. The molecule has 1 saturated carbocycles. The van der Waals surface area contributed by atoms with Crippen LogP contribution >= 0.6 is 0 Å². The molecule has 1 aromatic carbocycles. The van der Waals surface area contributed by atoms with Crippen LogP contribution in [0.4, 0.5) is 11.4 Å². The van der Waals surface area contributed by atoms with Crippen LogP contribution in [0.2, 0.25) is 0 Å². The van der Waals surface area contributed by atoms with Gasteiger partial charge in [0.15, 0.2) is 6.61 Å². The van der Waals surface area contributed by atoms with E-state index in [1.54, 1.807) is 6.07 Å². The lowest BCUT2D eigenvalue weighted by atomic mass is 10.2. The Morgan fingerprint density at radius 2 is 1.71 bits per heavy atom. The van der Waals surface area contributed by atoms with E-state index in [1.807, 2.05) is 39.8 Å². The smallest absolute Gasteiger partial charge is 0.340 e. The predicted molar refractivity (Wildman–Crippen MR) is 133 cm³/mol. The van der Waals surface area contributed by atoms with E-state index in [1.165, 1.54) is 0 Å². The Hall–Kier alpha value is -3.20. The van der Waals surface area contributed by atoms with Crippen molar-refractivity contribution in [2.45, 2.75) is 46.6 Å². The molecule has 1 saturated heterocycles. The first kappa shape index (κ1) is 24.9. The number of aryl methyl sites for hydroxylation is 1. The van der Waals surface area contributed by atoms with E-state index in [0.717, 1.165) is 43.0 Å². The number of carbonyl (C=O) groups excluding carboxylic acids is 2. The zero-order valence-electron chi connectivity index (χ0n) is 21.0. The molecule has 1 aliphatic heterocycles. The van der Waals surface area contributed by atoms with Crippen molar-refractivity contribution in [1.82, 2.24) is 4.57 Å². The fourth-order valence-electron chi connectivity index (χ4n) is 4.52. The summed E-state index contributed by atoms with van der Waals surface area (Å²) in [6.45, 7) is 11.0. The minimum Gasteiger partial charge on any atom is -0.492 e. The minimum atomic E-state index is -0.497. The molecular weight excluding hydrogens is 450 g/mol. The van der Waals surface area contributed by atoms with E-state index in [-0.39, 0.29) is 0 Å². The number of nitrogens with zero attached hydrogens (tertiary/aromatic N) is 2. The zero-order chi connectivity index (χ0) is 24.9. The maximum Gasteiger partial charge on any atom is 0.340 e. The van der Waals surface area contributed by atoms with Crippen LogP contribution in [-0.2, 0) is 14.3 Å². The Balaban J connectivity index is 1.46. The highest BCUT2D eigenvalue weighted by atomic mass is 16.5. The van der Waals surface area contributed by atoms with E-state index < -0.39 is 18.5 Å². The first-order valence-corrected chi connectivity index (χ1v) is 12.3. The van der Waals surface area contributed by atoms with E-state index in [4.69, 9.17) is 18.9 Å². The number of esters is 1. The van der Waals surface area contributed by atoms with Gasteiger partial charge in [-0.2, -0.15) is 0 Å². The molecule has 2 aliphatic rings. The number of amides is 1. The van der Waals surface area contributed by atoms with Gasteiger partial charge < -0.3 is 33.7 Å². The van der Waals surface area contributed by atoms with Crippen molar-refractivity contribution in [3.8, 4) is 11.5 Å². The number of hydrogen-bond acceptors (Lipinski definition) is 7. The number of rotatable bonds is 10. The predicted octanol–water partition coefficient (Wildman–Crippen LogP) is 3.87. The van der Waals surface area contributed by atoms with E-state index in [2.05, 4.69) is 14.8 Å². The second-order valence-electron chi connectivity index (χ2n) is 8.79. The monoisotopic (exact) mass is 485 g/mol. The van der Waals surface area contributed by atoms with Gasteiger partial charge in [-0.25, -0.2) is 4.79 Å². The summed E-state index contributed by atoms with van der Waals surface area (Å²) < 4.78 is 24.7. The Kier molecular flexibility index (Phi) is 7.85. The van der Waals surface area contributed by atoms with Crippen molar-refractivity contribution in [2.75, 3.05) is 56.3 Å². The van der Waals surface area contributed by atoms with Crippen LogP contribution in [0.5, 0.6) is 11.5 Å². The van der Waals surface area contributed by atoms with Crippen LogP contribution in [0.25, 0.3) is 0 Å². The molecule has 0 radical (unpaired) electrons. The molecule has 9 heteroatoms. The van der Waals surface area contributed by atoms with Gasteiger partial charge in [-0.05, 0) is 46.6 Å². The number of morpholine rings is 1. The molecule has 4 rings (SSSR count). The second-order valence-corrected chi connectivity index (χ2v) is 8.79. The fourth-order valence-corrected chi connectivity index (χ4v) is 4.52. The van der Waals surface area contributed by atoms with Crippen LogP contribution < -0.4 is 19.7 Å². The summed E-state index contributed by atoms with van der Waals surface area (Å²) in [4.78, 5) is 27.6. The topological polar surface area (TPSA) is 91.3 Å². The molecule has 0 unspecified atom stereocenters. The highest BCUT2D eigenvalue weighted by molar-refractivity contribution is 5.97. The Labute approximate surface area is 206 Å². The first-order valence-electron chi connectivity index (χ1n) is 12.3. The highest BCUT2D eigenvalue weighted by Gasteiger charge is 2.29. The number of nitrogens with one attached hydrogen (secondary N) is 1. The van der Waals surface area contributed by atoms with Gasteiger partial charge in [0.05, 0.1) is 43.4 Å². The van der Waals surface area contributed by atoms with Crippen molar-refractivity contribution in [2.24, 2.45) is 0 Å². The summed E-state index contributed by atoms with van der Waals surface area (Å²) in [6.07, 6.45) is 2.26. The normalized spacial score (nSPS) is 15.6. The molecule has 2 heterocycles. The summed E-state index contributed by atoms with van der Waals surface area (Å²) >= 11 is 0. The number of carbonyl (C=O) groups is 2. The van der Waals surface area contributed by atoms with Gasteiger partial charge in [0.2, 0.25) is 0 Å². The fraction of sp³-hybridized carbons (Fsp3) is 0.538. The van der Waals surface area contributed by atoms with E-state index >= 15 is 0 Å². The van der Waals surface area contributed by atoms with Crippen LogP contribution in [0.15, 0.2) is 18.2 Å². The first-order chi connectivity index (χ1) is 16.9. The van der Waals surface area contributed by atoms with Crippen molar-refractivity contribution >= 4 is 23.3 Å². The Morgan fingerprint density at radius 1 is 1.03 bits per heavy atom. The number of ether oxygens (including phenoxy) is 4. The van der Waals surface area contributed by atoms with Crippen LogP contribution in [0.1, 0.15) is 54.5 Å². The number of hydrogen-bond donors (Lipinski definition) is 1. The molecule has 0 atom stereocenters. The standard InChI is InChI=1S/C26H35N3O6/c1-5-33-23-15-22(28-9-11-32-12-10-28)24(34-6-2)14-21(23)27-25(30)16-35-26(31)20-13-17(3)29(18(20)4)19-7-8-19/h13-15,19H,5-12,16H2,1-4H3,(H,27,30). The van der Waals surface area contributed by atoms with Crippen molar-refractivity contribution in [3.05, 3.63) is 35.2 Å². The van der Waals surface area contributed by atoms with Crippen LogP contribution in [-0.4, -0.2) is 62.6 Å². The van der Waals surface area contributed by atoms with Gasteiger partial charge >= 0.3 is 5.97 Å². The largest absolute Gasteiger partial charge is 0.492 e. The molecule has 0 bridgehead atoms. The third-order valence-corrected chi connectivity index (χ3v) is 6.24. The van der Waals surface area contributed by atoms with Gasteiger partial charge in [-0.3, -0.25) is 4.79 Å². The third-order valence-electron chi connectivity index (χ3n) is 6.24. The molecule has 190 valence electrons. The number of anilines is 2. The third kappa shape index (κ3) is 5.73. The molecule has 1 N–H and O–H groups in total. The zero-order valence-corrected chi connectivity index (χ0v) is 21.0. The van der Waals surface area contributed by atoms with Gasteiger partial charge in [-0.15, -0.1) is 0 Å². The molecule has 2 fully saturated rings. The summed E-state index contributed by atoms with van der Waals surface area (Å²) in [5.41, 5.74) is 3.79. The Morgan fingerprint density at radius 3 is 2.37 bits per heavy atom. The SMILES string of the molecule is CCOc1cc(N2CCOCC2)c(OCC)cc1NC(=O)COC(=O)c1cc(C)n(C2CC2)c1C. The molecule has 1 amide bonds. The van der Waals surface area contributed by atoms with Crippen molar-refractivity contribution in [1.29, 1.82) is 0 Å². The lowest BCUT2D eigenvalue weighted by Crippen LogP contribution is -2.36. The molecule has 9 nitrogen and oxygen atoms in total. The Bertz CT molecular complexity index is 1070. The average Bonchev–Trinajstić information content (AvgIpc) is 3.63. The van der Waals surface area contributed by atoms with Gasteiger partial charge in [-0.1, -0.05) is 0 Å². The van der Waals surface area contributed by atoms with E-state index in [9.17, 15) is 9.59 Å². The molecule has 1 aromatic heterocycles. The summed E-state index contributed by atoms with van der Waals surface area (Å²) in [6, 6.07) is 5.95. The van der Waals surface area contributed by atoms with Crippen molar-refractivity contribution < 1.29 is 28.5 Å². The molecular formula is C26H35N3O6. The number of benzene rings is 1. The van der Waals surface area contributed by atoms with Crippen LogP contribution in [0.3, 0.4) is 0 Å². The summed E-state index contributed by atoms with van der Waals surface area (Å²) in [5, 5.41) is 2.82. The minimum absolute atomic E-state index is 0.396. The molecule has 1 aliphatic carbocycles. The van der Waals surface area contributed by atoms with Gasteiger partial charge in [0.1, 0.15) is 11.5 Å². The highest BCUT2D eigenvalue weighted by Crippen LogP contribution is 2.40. The maximum absolute atomic E-state index is 12.7. The average molecular weight is 486 g/mol. The van der Waals surface area contributed by atoms with Gasteiger partial charge in [0, 0.05) is 42.7 Å². The molecule has 2 aromatic rings. The van der Waals surface area contributed by atoms with Gasteiger partial charge in [0.25, 0.3) is 5.91 Å². The molecule has 35 heavy (non-hydrogen) atoms. The lowest BCUT2D eigenvalue weighted by molar-refractivity contribution is -0.119. The molecule has 0 spiro atoms. The van der Waals surface area contributed by atoms with Crippen molar-refractivity contribution in [3.63, 3.8) is 0 Å². The summed E-state index contributed by atoms with van der Waals surface area (Å²) in [7, 11) is 0. The van der Waals surface area contributed by atoms with Crippen LogP contribution in [0, 0.1) is 13.8 Å². The summed E-state index contributed by atoms with van der Waals surface area (Å²) in [5.74, 6) is 0.238.